The van der Waals surface area contributed by atoms with Gasteiger partial charge >= 0.3 is 5.97 Å². The van der Waals surface area contributed by atoms with E-state index in [9.17, 15) is 14.4 Å². The van der Waals surface area contributed by atoms with E-state index in [0.29, 0.717) is 5.88 Å². The molecule has 1 rings (SSSR count). The van der Waals surface area contributed by atoms with Gasteiger partial charge in [-0.1, -0.05) is 18.7 Å². The number of aliphatic carboxylic acids is 1. The van der Waals surface area contributed by atoms with Crippen molar-refractivity contribution in [3.8, 4) is 0 Å². The molecule has 1 fully saturated rings. The van der Waals surface area contributed by atoms with Gasteiger partial charge in [0.25, 0.3) is 0 Å². The molecule has 18 heavy (non-hydrogen) atoms. The van der Waals surface area contributed by atoms with Crippen LogP contribution in [0.4, 0.5) is 0 Å². The van der Waals surface area contributed by atoms with Gasteiger partial charge in [0.15, 0.2) is 5.12 Å². The van der Waals surface area contributed by atoms with Crippen LogP contribution in [-0.2, 0) is 14.4 Å². The number of nitrogens with zero attached hydrogens (tertiary/aromatic N) is 1. The summed E-state index contributed by atoms with van der Waals surface area (Å²) < 4.78 is -0.926. The van der Waals surface area contributed by atoms with Gasteiger partial charge in [0.1, 0.15) is 6.04 Å². The van der Waals surface area contributed by atoms with Crippen LogP contribution < -0.4 is 0 Å². The quantitative estimate of drug-likeness (QED) is 0.847. The highest BCUT2D eigenvalue weighted by atomic mass is 32.2. The fourth-order valence-electron chi connectivity index (χ4n) is 1.89. The second kappa shape index (κ2) is 5.52. The second-order valence-corrected chi connectivity index (χ2v) is 7.80. The lowest BCUT2D eigenvalue weighted by molar-refractivity contribution is -0.149. The number of amides is 1. The number of rotatable bonds is 3. The maximum absolute atomic E-state index is 12.3. The number of hydrogen-bond donors (Lipinski definition) is 1. The molecular weight excluding hydrogens is 274 g/mol. The van der Waals surface area contributed by atoms with Crippen molar-refractivity contribution in [2.24, 2.45) is 0 Å². The van der Waals surface area contributed by atoms with E-state index >= 15 is 0 Å². The van der Waals surface area contributed by atoms with Gasteiger partial charge in [-0.2, -0.15) is 0 Å². The maximum atomic E-state index is 12.3. The van der Waals surface area contributed by atoms with Gasteiger partial charge in [-0.3, -0.25) is 9.59 Å². The first kappa shape index (κ1) is 15.4. The first-order valence-corrected chi connectivity index (χ1v) is 7.38. The Morgan fingerprint density at radius 1 is 1.39 bits per heavy atom. The Labute approximate surface area is 115 Å². The van der Waals surface area contributed by atoms with Crippen molar-refractivity contribution in [1.82, 2.24) is 4.90 Å². The number of carbonyl (C=O) groups is 3. The molecule has 0 aromatic carbocycles. The van der Waals surface area contributed by atoms with E-state index in [0.717, 1.165) is 11.8 Å². The third-order valence-corrected chi connectivity index (χ3v) is 4.87. The lowest BCUT2D eigenvalue weighted by Gasteiger charge is -2.30. The summed E-state index contributed by atoms with van der Waals surface area (Å²) in [7, 11) is 0. The van der Waals surface area contributed by atoms with E-state index in [1.54, 1.807) is 20.8 Å². The number of hydrogen-bond acceptors (Lipinski definition) is 5. The Balaban J connectivity index is 2.89. The van der Waals surface area contributed by atoms with Crippen LogP contribution in [0, 0.1) is 0 Å². The van der Waals surface area contributed by atoms with Gasteiger partial charge in [-0.15, -0.1) is 11.8 Å². The largest absolute Gasteiger partial charge is 0.480 e. The van der Waals surface area contributed by atoms with Crippen LogP contribution in [0.5, 0.6) is 0 Å². The molecule has 0 bridgehead atoms. The normalized spacial score (nSPS) is 24.1. The first-order valence-electron chi connectivity index (χ1n) is 5.52. The van der Waals surface area contributed by atoms with E-state index in [1.807, 2.05) is 0 Å². The van der Waals surface area contributed by atoms with Crippen molar-refractivity contribution in [1.29, 1.82) is 0 Å². The summed E-state index contributed by atoms with van der Waals surface area (Å²) in [5, 5.41) is 8.88. The molecule has 102 valence electrons. The van der Waals surface area contributed by atoms with Crippen molar-refractivity contribution < 1.29 is 19.5 Å². The zero-order valence-electron chi connectivity index (χ0n) is 10.8. The SMILES string of the molecule is CC(=O)SC(C)(C)C(=O)N1CSC(C)C1C(=O)O. The number of thioether (sulfide) groups is 2. The molecule has 1 aliphatic rings. The van der Waals surface area contributed by atoms with E-state index in [2.05, 4.69) is 0 Å². The summed E-state index contributed by atoms with van der Waals surface area (Å²) >= 11 is 2.37. The van der Waals surface area contributed by atoms with Crippen LogP contribution in [0.25, 0.3) is 0 Å². The molecule has 0 aliphatic carbocycles. The lowest BCUT2D eigenvalue weighted by Crippen LogP contribution is -2.50. The minimum atomic E-state index is -0.996. The van der Waals surface area contributed by atoms with Gasteiger partial charge in [0.05, 0.1) is 10.6 Å². The molecule has 7 heteroatoms. The molecule has 1 heterocycles. The van der Waals surface area contributed by atoms with Crippen molar-refractivity contribution in [2.45, 2.75) is 43.7 Å². The van der Waals surface area contributed by atoms with Gasteiger partial charge in [0, 0.05) is 12.2 Å². The highest BCUT2D eigenvalue weighted by Gasteiger charge is 2.45. The molecule has 2 atom stereocenters. The molecule has 0 aromatic heterocycles. The lowest BCUT2D eigenvalue weighted by atomic mass is 10.1. The second-order valence-electron chi connectivity index (χ2n) is 4.66. The maximum Gasteiger partial charge on any atom is 0.327 e. The molecule has 1 aliphatic heterocycles. The number of carboxylic acids is 1. The fourth-order valence-corrected chi connectivity index (χ4v) is 3.93. The Morgan fingerprint density at radius 3 is 2.39 bits per heavy atom. The molecule has 1 saturated heterocycles. The molecule has 1 N–H and O–H groups in total. The van der Waals surface area contributed by atoms with Crippen molar-refractivity contribution in [3.63, 3.8) is 0 Å². The first-order chi connectivity index (χ1) is 8.16. The van der Waals surface area contributed by atoms with Crippen LogP contribution in [0.1, 0.15) is 27.7 Å². The van der Waals surface area contributed by atoms with Gasteiger partial charge in [-0.05, 0) is 13.8 Å². The molecule has 2 unspecified atom stereocenters. The summed E-state index contributed by atoms with van der Waals surface area (Å²) in [5.74, 6) is -0.935. The topological polar surface area (TPSA) is 74.7 Å². The van der Waals surface area contributed by atoms with Crippen LogP contribution in [0.2, 0.25) is 0 Å². The summed E-state index contributed by atoms with van der Waals surface area (Å²) in [5.41, 5.74) is 0. The molecule has 0 aromatic rings. The smallest absolute Gasteiger partial charge is 0.327 e. The molecule has 0 saturated carbocycles. The number of carbonyl (C=O) groups excluding carboxylic acids is 2. The van der Waals surface area contributed by atoms with Gasteiger partial charge in [-0.25, -0.2) is 4.79 Å². The molecule has 5 nitrogen and oxygen atoms in total. The summed E-state index contributed by atoms with van der Waals surface area (Å²) in [4.78, 5) is 36.0. The average Bonchev–Trinajstić information content (AvgIpc) is 2.56. The zero-order chi connectivity index (χ0) is 14.1. The molecule has 0 radical (unpaired) electrons. The van der Waals surface area contributed by atoms with E-state index in [-0.39, 0.29) is 16.3 Å². The molecular formula is C11H17NO4S2. The highest BCUT2D eigenvalue weighted by Crippen LogP contribution is 2.35. The van der Waals surface area contributed by atoms with Crippen LogP contribution >= 0.6 is 23.5 Å². The van der Waals surface area contributed by atoms with E-state index < -0.39 is 16.8 Å². The zero-order valence-corrected chi connectivity index (χ0v) is 12.4. The van der Waals surface area contributed by atoms with E-state index in [4.69, 9.17) is 5.11 Å². The average molecular weight is 291 g/mol. The molecule has 0 spiro atoms. The fraction of sp³-hybridized carbons (Fsp3) is 0.727. The summed E-state index contributed by atoms with van der Waals surface area (Å²) in [6.45, 7) is 6.49. The minimum absolute atomic E-state index is 0.135. The van der Waals surface area contributed by atoms with Crippen molar-refractivity contribution in [3.05, 3.63) is 0 Å². The van der Waals surface area contributed by atoms with Crippen molar-refractivity contribution in [2.75, 3.05) is 5.88 Å². The number of carboxylic acid groups (broad SMARTS) is 1. The summed E-state index contributed by atoms with van der Waals surface area (Å²) in [6.07, 6.45) is 0. The monoisotopic (exact) mass is 291 g/mol. The Bertz CT molecular complexity index is 383. The Hall–Kier alpha value is -0.690. The Morgan fingerprint density at radius 2 is 1.94 bits per heavy atom. The standard InChI is InChI=1S/C11H17NO4S2/c1-6-8(9(14)15)12(5-17-6)10(16)11(3,4)18-7(2)13/h6,8H,5H2,1-4H3,(H,14,15). The summed E-state index contributed by atoms with van der Waals surface area (Å²) in [6, 6.07) is -0.811. The van der Waals surface area contributed by atoms with Crippen LogP contribution in [0.15, 0.2) is 0 Å². The van der Waals surface area contributed by atoms with Gasteiger partial charge < -0.3 is 10.0 Å². The minimum Gasteiger partial charge on any atom is -0.480 e. The predicted octanol–water partition coefficient (Wildman–Crippen LogP) is 1.42. The van der Waals surface area contributed by atoms with Crippen LogP contribution in [0.3, 0.4) is 0 Å². The van der Waals surface area contributed by atoms with Crippen LogP contribution in [-0.4, -0.2) is 48.9 Å². The third kappa shape index (κ3) is 3.20. The predicted molar refractivity (Wildman–Crippen MR) is 72.5 cm³/mol. The van der Waals surface area contributed by atoms with E-state index in [1.165, 1.54) is 23.6 Å². The third-order valence-electron chi connectivity index (χ3n) is 2.68. The highest BCUT2D eigenvalue weighted by molar-refractivity contribution is 8.15. The van der Waals surface area contributed by atoms with Gasteiger partial charge in [0.2, 0.25) is 5.91 Å². The molecule has 1 amide bonds. The Kier molecular flexibility index (Phi) is 4.72. The van der Waals surface area contributed by atoms with Crippen molar-refractivity contribution >= 4 is 40.5 Å².